The highest BCUT2D eigenvalue weighted by atomic mass is 32.2. The normalized spacial score (nSPS) is 9.71. The monoisotopic (exact) mass is 264 g/mol. The van der Waals surface area contributed by atoms with E-state index in [4.69, 9.17) is 17.5 Å². The fourth-order valence-electron chi connectivity index (χ4n) is 1.45. The number of nitrogens with zero attached hydrogens (tertiary/aromatic N) is 2. The van der Waals surface area contributed by atoms with Crippen LogP contribution in [0.1, 0.15) is 25.0 Å². The predicted octanol–water partition coefficient (Wildman–Crippen LogP) is 3.42. The van der Waals surface area contributed by atoms with Crippen LogP contribution in [0.15, 0.2) is 24.3 Å². The molecule has 0 spiro atoms. The molecule has 0 radical (unpaired) electrons. The van der Waals surface area contributed by atoms with E-state index in [0.717, 1.165) is 28.7 Å². The second kappa shape index (κ2) is 7.31. The highest BCUT2D eigenvalue weighted by molar-refractivity contribution is 8.22. The van der Waals surface area contributed by atoms with Crippen molar-refractivity contribution < 1.29 is 0 Å². The number of hydrogen-bond acceptors (Lipinski definition) is 3. The van der Waals surface area contributed by atoms with Crippen LogP contribution in [0.3, 0.4) is 0 Å². The molecule has 0 saturated heterocycles. The molecule has 0 aromatic heterocycles. The van der Waals surface area contributed by atoms with Gasteiger partial charge in [0, 0.05) is 18.8 Å². The molecule has 4 heteroatoms. The van der Waals surface area contributed by atoms with Crippen LogP contribution < -0.4 is 0 Å². The quantitative estimate of drug-likeness (QED) is 0.779. The highest BCUT2D eigenvalue weighted by Crippen LogP contribution is 2.17. The number of hydrogen-bond donors (Lipinski definition) is 0. The zero-order valence-corrected chi connectivity index (χ0v) is 11.8. The minimum Gasteiger partial charge on any atom is -0.358 e. The van der Waals surface area contributed by atoms with Crippen molar-refractivity contribution in [2.45, 2.75) is 19.6 Å². The van der Waals surface area contributed by atoms with Crippen molar-refractivity contribution in [1.29, 1.82) is 5.26 Å². The molecule has 0 saturated carbocycles. The van der Waals surface area contributed by atoms with Gasteiger partial charge in [-0.2, -0.15) is 5.26 Å². The zero-order valence-electron chi connectivity index (χ0n) is 10.1. The summed E-state index contributed by atoms with van der Waals surface area (Å²) in [5, 5.41) is 8.81. The van der Waals surface area contributed by atoms with Crippen LogP contribution >= 0.6 is 24.0 Å². The van der Waals surface area contributed by atoms with Crippen molar-refractivity contribution >= 4 is 28.3 Å². The number of thioether (sulfide) groups is 1. The van der Waals surface area contributed by atoms with Crippen LogP contribution in [0.25, 0.3) is 0 Å². The summed E-state index contributed by atoms with van der Waals surface area (Å²) < 4.78 is 0.928. The Kier molecular flexibility index (Phi) is 6.03. The Morgan fingerprint density at radius 1 is 1.41 bits per heavy atom. The maximum absolute atomic E-state index is 8.81. The Hall–Kier alpha value is -1.05. The van der Waals surface area contributed by atoms with Gasteiger partial charge in [-0.15, -0.1) is 0 Å². The van der Waals surface area contributed by atoms with Gasteiger partial charge < -0.3 is 4.90 Å². The molecule has 1 rings (SSSR count). The van der Waals surface area contributed by atoms with Gasteiger partial charge in [-0.25, -0.2) is 0 Å². The molecule has 0 aliphatic rings. The topological polar surface area (TPSA) is 27.0 Å². The predicted molar refractivity (Wildman–Crippen MR) is 78.0 cm³/mol. The fraction of sp³-hybridized carbons (Fsp3) is 0.385. The van der Waals surface area contributed by atoms with Gasteiger partial charge in [0.25, 0.3) is 0 Å². The summed E-state index contributed by atoms with van der Waals surface area (Å²) in [6.45, 7) is 6.10. The van der Waals surface area contributed by atoms with Crippen molar-refractivity contribution in [3.05, 3.63) is 35.4 Å². The number of thiocarbonyl (C=S) groups is 1. The summed E-state index contributed by atoms with van der Waals surface area (Å²) in [7, 11) is 0. The van der Waals surface area contributed by atoms with Crippen molar-refractivity contribution in [3.63, 3.8) is 0 Å². The zero-order chi connectivity index (χ0) is 12.7. The van der Waals surface area contributed by atoms with Gasteiger partial charge in [-0.05, 0) is 31.5 Å². The van der Waals surface area contributed by atoms with Gasteiger partial charge >= 0.3 is 0 Å². The number of nitriles is 1. The summed E-state index contributed by atoms with van der Waals surface area (Å²) >= 11 is 7.01. The minimum absolute atomic E-state index is 0.705. The molecule has 0 unspecified atom stereocenters. The Labute approximate surface area is 113 Å². The molecule has 0 aliphatic heterocycles. The molecule has 17 heavy (non-hydrogen) atoms. The van der Waals surface area contributed by atoms with Crippen molar-refractivity contribution in [2.75, 3.05) is 13.1 Å². The SMILES string of the molecule is CCN(CC)C(=S)SCc1cccc(C#N)c1. The summed E-state index contributed by atoms with van der Waals surface area (Å²) in [4.78, 5) is 2.16. The van der Waals surface area contributed by atoms with E-state index in [1.807, 2.05) is 24.3 Å². The Bertz CT molecular complexity index is 420. The molecule has 0 amide bonds. The van der Waals surface area contributed by atoms with Gasteiger partial charge in [-0.1, -0.05) is 36.1 Å². The molecule has 2 nitrogen and oxygen atoms in total. The Morgan fingerprint density at radius 2 is 2.12 bits per heavy atom. The summed E-state index contributed by atoms with van der Waals surface area (Å²) in [6.07, 6.45) is 0. The third kappa shape index (κ3) is 4.37. The first kappa shape index (κ1) is 14.0. The van der Waals surface area contributed by atoms with E-state index in [9.17, 15) is 0 Å². The maximum Gasteiger partial charge on any atom is 0.136 e. The first-order valence-electron chi connectivity index (χ1n) is 5.62. The smallest absolute Gasteiger partial charge is 0.136 e. The van der Waals surface area contributed by atoms with E-state index in [-0.39, 0.29) is 0 Å². The van der Waals surface area contributed by atoms with Crippen molar-refractivity contribution in [2.24, 2.45) is 0 Å². The van der Waals surface area contributed by atoms with Gasteiger partial charge in [0.05, 0.1) is 11.6 Å². The number of rotatable bonds is 4. The van der Waals surface area contributed by atoms with Crippen molar-refractivity contribution in [3.8, 4) is 6.07 Å². The van der Waals surface area contributed by atoms with Crippen molar-refractivity contribution in [1.82, 2.24) is 4.90 Å². The second-order valence-electron chi connectivity index (χ2n) is 3.54. The van der Waals surface area contributed by atoms with E-state index in [1.54, 1.807) is 11.8 Å². The van der Waals surface area contributed by atoms with Gasteiger partial charge in [0.2, 0.25) is 0 Å². The average Bonchev–Trinajstić information content (AvgIpc) is 2.38. The van der Waals surface area contributed by atoms with Crippen LogP contribution in [0.5, 0.6) is 0 Å². The van der Waals surface area contributed by atoms with Gasteiger partial charge in [0.15, 0.2) is 0 Å². The fourth-order valence-corrected chi connectivity index (χ4v) is 2.79. The van der Waals surface area contributed by atoms with E-state index < -0.39 is 0 Å². The molecule has 0 fully saturated rings. The molecule has 0 bridgehead atoms. The molecular formula is C13H16N2S2. The lowest BCUT2D eigenvalue weighted by molar-refractivity contribution is 0.482. The Balaban J connectivity index is 2.55. The largest absolute Gasteiger partial charge is 0.358 e. The lowest BCUT2D eigenvalue weighted by Gasteiger charge is -2.20. The van der Waals surface area contributed by atoms with E-state index in [2.05, 4.69) is 24.8 Å². The van der Waals surface area contributed by atoms with E-state index in [1.165, 1.54) is 0 Å². The third-order valence-corrected chi connectivity index (χ3v) is 4.03. The summed E-state index contributed by atoms with van der Waals surface area (Å²) in [6, 6.07) is 9.82. The van der Waals surface area contributed by atoms with Crippen LogP contribution in [0.4, 0.5) is 0 Å². The average molecular weight is 264 g/mol. The maximum atomic E-state index is 8.81. The van der Waals surface area contributed by atoms with E-state index in [0.29, 0.717) is 5.56 Å². The number of benzene rings is 1. The van der Waals surface area contributed by atoms with Crippen LogP contribution in [0.2, 0.25) is 0 Å². The molecule has 90 valence electrons. The molecule has 0 atom stereocenters. The standard InChI is InChI=1S/C13H16N2S2/c1-3-15(4-2)13(16)17-10-12-7-5-6-11(8-12)9-14/h5-8H,3-4,10H2,1-2H3. The van der Waals surface area contributed by atoms with Crippen LogP contribution in [-0.2, 0) is 5.75 Å². The van der Waals surface area contributed by atoms with Crippen LogP contribution in [0, 0.1) is 11.3 Å². The van der Waals surface area contributed by atoms with Gasteiger partial charge in [-0.3, -0.25) is 0 Å². The molecule has 0 N–H and O–H groups in total. The molecular weight excluding hydrogens is 248 g/mol. The molecule has 0 heterocycles. The Morgan fingerprint density at radius 3 is 2.71 bits per heavy atom. The minimum atomic E-state index is 0.705. The van der Waals surface area contributed by atoms with E-state index >= 15 is 0 Å². The molecule has 1 aromatic rings. The first-order valence-corrected chi connectivity index (χ1v) is 7.01. The molecule has 0 aliphatic carbocycles. The first-order chi connectivity index (χ1) is 8.21. The lowest BCUT2D eigenvalue weighted by atomic mass is 10.2. The van der Waals surface area contributed by atoms with Crippen LogP contribution in [-0.4, -0.2) is 22.3 Å². The van der Waals surface area contributed by atoms with Gasteiger partial charge in [0.1, 0.15) is 4.32 Å². The lowest BCUT2D eigenvalue weighted by Crippen LogP contribution is -2.26. The third-order valence-electron chi connectivity index (χ3n) is 2.44. The molecule has 1 aromatic carbocycles. The highest BCUT2D eigenvalue weighted by Gasteiger charge is 2.06. The summed E-state index contributed by atoms with van der Waals surface area (Å²) in [5.74, 6) is 0.824. The second-order valence-corrected chi connectivity index (χ2v) is 5.15. The summed E-state index contributed by atoms with van der Waals surface area (Å²) in [5.41, 5.74) is 1.85.